The van der Waals surface area contributed by atoms with Crippen LogP contribution in [0.5, 0.6) is 5.75 Å². The van der Waals surface area contributed by atoms with Crippen LogP contribution < -0.4 is 9.64 Å². The Morgan fingerprint density at radius 1 is 1.02 bits per heavy atom. The van der Waals surface area contributed by atoms with Crippen molar-refractivity contribution in [2.45, 2.75) is 56.3 Å². The van der Waals surface area contributed by atoms with E-state index in [-0.39, 0.29) is 24.7 Å². The molecule has 1 N–H and O–H groups in total. The van der Waals surface area contributed by atoms with Gasteiger partial charge in [-0.1, -0.05) is 36.4 Å². The van der Waals surface area contributed by atoms with Crippen molar-refractivity contribution < 1.29 is 29.0 Å². The number of amides is 2. The van der Waals surface area contributed by atoms with Crippen molar-refractivity contribution in [1.82, 2.24) is 0 Å². The van der Waals surface area contributed by atoms with E-state index in [0.29, 0.717) is 46.2 Å². The third kappa shape index (κ3) is 3.28. The standard InChI is InChI=1S/C32H28N2O6/c1-31-26(36)16-32(40-31,14-15-39-25-11-5-8-21-22(25)9-4-10-24(21)35)28-27(31)29(37)34(30(28)38)23-13-12-18(17-33)19-6-2-3-7-20(19)23/h2-3,5-8,11-13,26-28,36H,4,9-10,14-16H2,1H3/t26?,27-,28+,31-,32+/m0/s1. The minimum atomic E-state index is -1.20. The average molecular weight is 537 g/mol. The number of benzene rings is 3. The lowest BCUT2D eigenvalue weighted by Crippen LogP contribution is -2.49. The lowest BCUT2D eigenvalue weighted by molar-refractivity contribution is -0.134. The lowest BCUT2D eigenvalue weighted by atomic mass is 9.66. The quantitative estimate of drug-likeness (QED) is 0.488. The van der Waals surface area contributed by atoms with E-state index in [2.05, 4.69) is 6.07 Å². The molecule has 8 heteroatoms. The van der Waals surface area contributed by atoms with Crippen LogP contribution in [0.3, 0.4) is 0 Å². The second-order valence-electron chi connectivity index (χ2n) is 11.5. The largest absolute Gasteiger partial charge is 0.493 e. The van der Waals surface area contributed by atoms with Gasteiger partial charge in [-0.2, -0.15) is 5.26 Å². The van der Waals surface area contributed by atoms with Crippen molar-refractivity contribution in [3.8, 4) is 11.8 Å². The van der Waals surface area contributed by atoms with E-state index in [1.165, 1.54) is 4.90 Å². The number of Topliss-reactive ketones (excluding diaryl/α,β-unsaturated/α-hetero) is 1. The summed E-state index contributed by atoms with van der Waals surface area (Å²) in [7, 11) is 0. The summed E-state index contributed by atoms with van der Waals surface area (Å²) in [6.07, 6.45) is 1.70. The molecule has 202 valence electrons. The minimum Gasteiger partial charge on any atom is -0.493 e. The maximum Gasteiger partial charge on any atom is 0.240 e. The number of nitrogens with zero attached hydrogens (tertiary/aromatic N) is 2. The molecule has 0 spiro atoms. The zero-order valence-electron chi connectivity index (χ0n) is 22.1. The Bertz CT molecular complexity index is 1660. The molecule has 0 saturated carbocycles. The van der Waals surface area contributed by atoms with Crippen LogP contribution >= 0.6 is 0 Å². The number of imide groups is 1. The molecule has 5 atom stereocenters. The van der Waals surface area contributed by atoms with Crippen molar-refractivity contribution in [3.05, 3.63) is 71.3 Å². The van der Waals surface area contributed by atoms with Crippen LogP contribution in [-0.2, 0) is 20.7 Å². The highest BCUT2D eigenvalue weighted by atomic mass is 16.6. The minimum absolute atomic E-state index is 0.118. The number of carbonyl (C=O) groups is 3. The summed E-state index contributed by atoms with van der Waals surface area (Å²) in [4.78, 5) is 41.6. The topological polar surface area (TPSA) is 117 Å². The number of hydrogen-bond acceptors (Lipinski definition) is 7. The summed E-state index contributed by atoms with van der Waals surface area (Å²) in [5.41, 5.74) is 0.236. The van der Waals surface area contributed by atoms with Crippen molar-refractivity contribution in [1.29, 1.82) is 5.26 Å². The van der Waals surface area contributed by atoms with Crippen molar-refractivity contribution in [3.63, 3.8) is 0 Å². The van der Waals surface area contributed by atoms with E-state index in [4.69, 9.17) is 9.47 Å². The molecule has 1 unspecified atom stereocenters. The number of hydrogen-bond donors (Lipinski definition) is 1. The molecule has 3 fully saturated rings. The van der Waals surface area contributed by atoms with Crippen LogP contribution in [0, 0.1) is 23.2 Å². The third-order valence-electron chi connectivity index (χ3n) is 9.42. The predicted octanol–water partition coefficient (Wildman–Crippen LogP) is 4.10. The van der Waals surface area contributed by atoms with Crippen LogP contribution in [0.2, 0.25) is 0 Å². The molecule has 3 aromatic carbocycles. The summed E-state index contributed by atoms with van der Waals surface area (Å²) in [5.74, 6) is -1.59. The Kier molecular flexibility index (Phi) is 5.44. The molecule has 4 aliphatic rings. The van der Waals surface area contributed by atoms with Gasteiger partial charge in [-0.25, -0.2) is 4.90 Å². The first-order chi connectivity index (χ1) is 19.3. The van der Waals surface area contributed by atoms with Gasteiger partial charge in [-0.05, 0) is 38.0 Å². The van der Waals surface area contributed by atoms with Gasteiger partial charge in [-0.3, -0.25) is 14.4 Å². The number of rotatable bonds is 5. The molecular formula is C32H28N2O6. The molecule has 3 aromatic rings. The molecule has 0 aromatic heterocycles. The number of aliphatic hydroxyl groups excluding tert-OH is 1. The number of carbonyl (C=O) groups excluding carboxylic acids is 3. The molecule has 3 saturated heterocycles. The highest BCUT2D eigenvalue weighted by Gasteiger charge is 2.77. The number of anilines is 1. The molecule has 40 heavy (non-hydrogen) atoms. The number of aliphatic hydroxyl groups is 1. The maximum absolute atomic E-state index is 14.1. The first-order valence-corrected chi connectivity index (χ1v) is 13.7. The van der Waals surface area contributed by atoms with Crippen LogP contribution in [0.25, 0.3) is 10.8 Å². The highest BCUT2D eigenvalue weighted by molar-refractivity contribution is 6.26. The third-order valence-corrected chi connectivity index (χ3v) is 9.42. The summed E-state index contributed by atoms with van der Waals surface area (Å²) in [6, 6.07) is 18.2. The van der Waals surface area contributed by atoms with Crippen molar-refractivity contribution >= 4 is 34.1 Å². The van der Waals surface area contributed by atoms with Gasteiger partial charge in [0.15, 0.2) is 5.78 Å². The van der Waals surface area contributed by atoms with Gasteiger partial charge in [0.05, 0.1) is 47.5 Å². The summed E-state index contributed by atoms with van der Waals surface area (Å²) in [5, 5.41) is 22.0. The van der Waals surface area contributed by atoms with E-state index in [1.54, 1.807) is 31.2 Å². The summed E-state index contributed by atoms with van der Waals surface area (Å²) < 4.78 is 12.6. The highest BCUT2D eigenvalue weighted by Crippen LogP contribution is 2.62. The average Bonchev–Trinajstić information content (AvgIpc) is 3.49. The Hall–Kier alpha value is -4.06. The summed E-state index contributed by atoms with van der Waals surface area (Å²) >= 11 is 0. The van der Waals surface area contributed by atoms with Crippen LogP contribution in [0.15, 0.2) is 54.6 Å². The Morgan fingerprint density at radius 3 is 2.60 bits per heavy atom. The fourth-order valence-corrected chi connectivity index (χ4v) is 7.55. The van der Waals surface area contributed by atoms with Crippen LogP contribution in [-0.4, -0.2) is 46.6 Å². The van der Waals surface area contributed by atoms with Crippen LogP contribution in [0.1, 0.15) is 54.1 Å². The molecule has 2 bridgehead atoms. The van der Waals surface area contributed by atoms with E-state index in [0.717, 1.165) is 18.4 Å². The number of ether oxygens (including phenoxy) is 2. The normalized spacial score (nSPS) is 30.5. The van der Waals surface area contributed by atoms with Crippen molar-refractivity contribution in [2.75, 3.05) is 11.5 Å². The number of ketones is 1. The Balaban J connectivity index is 1.21. The molecule has 0 radical (unpaired) electrons. The molecular weight excluding hydrogens is 508 g/mol. The van der Waals surface area contributed by atoms with Gasteiger partial charge in [-0.15, -0.1) is 0 Å². The van der Waals surface area contributed by atoms with Crippen LogP contribution in [0.4, 0.5) is 5.69 Å². The van der Waals surface area contributed by atoms with Gasteiger partial charge in [0, 0.05) is 41.2 Å². The lowest BCUT2D eigenvalue weighted by Gasteiger charge is -2.33. The zero-order chi connectivity index (χ0) is 27.8. The zero-order valence-corrected chi connectivity index (χ0v) is 22.1. The smallest absolute Gasteiger partial charge is 0.240 e. The van der Waals surface area contributed by atoms with Gasteiger partial charge >= 0.3 is 0 Å². The predicted molar refractivity (Wildman–Crippen MR) is 145 cm³/mol. The monoisotopic (exact) mass is 536 g/mol. The number of fused-ring (bicyclic) bond motifs is 7. The summed E-state index contributed by atoms with van der Waals surface area (Å²) in [6.45, 7) is 1.92. The maximum atomic E-state index is 14.1. The molecule has 2 amide bonds. The molecule has 8 nitrogen and oxygen atoms in total. The number of nitriles is 1. The van der Waals surface area contributed by atoms with Gasteiger partial charge in [0.1, 0.15) is 11.4 Å². The van der Waals surface area contributed by atoms with E-state index < -0.39 is 35.0 Å². The first kappa shape index (κ1) is 24.9. The van der Waals surface area contributed by atoms with Crippen molar-refractivity contribution in [2.24, 2.45) is 11.8 Å². The molecule has 3 aliphatic heterocycles. The van der Waals surface area contributed by atoms with Gasteiger partial charge < -0.3 is 14.6 Å². The first-order valence-electron chi connectivity index (χ1n) is 13.7. The Morgan fingerprint density at radius 2 is 1.80 bits per heavy atom. The molecule has 3 heterocycles. The molecule has 1 aliphatic carbocycles. The van der Waals surface area contributed by atoms with E-state index in [1.807, 2.05) is 30.3 Å². The van der Waals surface area contributed by atoms with E-state index in [9.17, 15) is 24.8 Å². The van der Waals surface area contributed by atoms with Gasteiger partial charge in [0.2, 0.25) is 11.8 Å². The second-order valence-corrected chi connectivity index (χ2v) is 11.5. The molecule has 7 rings (SSSR count). The van der Waals surface area contributed by atoms with E-state index >= 15 is 0 Å². The van der Waals surface area contributed by atoms with Gasteiger partial charge in [0.25, 0.3) is 0 Å². The Labute approximate surface area is 231 Å². The fourth-order valence-electron chi connectivity index (χ4n) is 7.55. The SMILES string of the molecule is C[C@]12O[C@](CCOc3cccc4c3CCCC4=O)(CC1O)[C@H]1C(=O)N(c3ccc(C#N)c4ccccc34)C(=O)[C@H]12. The fraction of sp³-hybridized carbons (Fsp3) is 0.375. The second kappa shape index (κ2) is 8.72.